The predicted octanol–water partition coefficient (Wildman–Crippen LogP) is 5.18. The smallest absolute Gasteiger partial charge is 0.243 e. The van der Waals surface area contributed by atoms with Gasteiger partial charge in [-0.1, -0.05) is 78.9 Å². The molecule has 0 unspecified atom stereocenters. The van der Waals surface area contributed by atoms with Gasteiger partial charge in [-0.25, -0.2) is 0 Å². The molecule has 186 valence electrons. The maximum atomic E-state index is 13.3. The Kier molecular flexibility index (Phi) is 7.17. The zero-order valence-electron chi connectivity index (χ0n) is 20.6. The first-order valence-electron chi connectivity index (χ1n) is 12.2. The monoisotopic (exact) mass is 492 g/mol. The largest absolute Gasteiger partial charge is 0.497 e. The number of fused-ring (bicyclic) bond motifs is 3. The van der Waals surface area contributed by atoms with E-state index in [0.717, 1.165) is 44.4 Å². The highest BCUT2D eigenvalue weighted by molar-refractivity contribution is 6.06. The quantitative estimate of drug-likeness (QED) is 0.297. The lowest BCUT2D eigenvalue weighted by molar-refractivity contribution is -0.128. The van der Waals surface area contributed by atoms with Gasteiger partial charge in [-0.2, -0.15) is 0 Å². The number of benzene rings is 4. The summed E-state index contributed by atoms with van der Waals surface area (Å²) >= 11 is 0. The fourth-order valence-electron chi connectivity index (χ4n) is 4.48. The molecular weight excluding hydrogens is 464 g/mol. The standard InChI is InChI=1S/C31H28N2O4/c1-36-24-16-14-21(15-17-24)18-29(34)33-27(31(35)32-20-22-8-3-2-4-9-22)19-23-10-7-12-26-25-11-5-6-13-28(25)37-30(23)26/h2-17,27H,18-20H2,1H3,(H,32,35)(H,33,34)/t27-/m1/s1. The highest BCUT2D eigenvalue weighted by atomic mass is 16.5. The van der Waals surface area contributed by atoms with Gasteiger partial charge in [0.1, 0.15) is 23.0 Å². The lowest BCUT2D eigenvalue weighted by Gasteiger charge is -2.19. The molecule has 0 fully saturated rings. The fourth-order valence-corrected chi connectivity index (χ4v) is 4.48. The third kappa shape index (κ3) is 5.64. The van der Waals surface area contributed by atoms with Gasteiger partial charge < -0.3 is 19.8 Å². The van der Waals surface area contributed by atoms with Gasteiger partial charge in [0.05, 0.1) is 13.5 Å². The van der Waals surface area contributed by atoms with Crippen LogP contribution >= 0.6 is 0 Å². The van der Waals surface area contributed by atoms with Crippen LogP contribution in [0.4, 0.5) is 0 Å². The highest BCUT2D eigenvalue weighted by Crippen LogP contribution is 2.31. The molecule has 37 heavy (non-hydrogen) atoms. The van der Waals surface area contributed by atoms with Crippen molar-refractivity contribution in [1.82, 2.24) is 10.6 Å². The first kappa shape index (κ1) is 24.1. The normalized spacial score (nSPS) is 11.8. The molecule has 1 atom stereocenters. The van der Waals surface area contributed by atoms with Gasteiger partial charge in [-0.3, -0.25) is 9.59 Å². The summed E-state index contributed by atoms with van der Waals surface area (Å²) in [6.45, 7) is 0.374. The van der Waals surface area contributed by atoms with E-state index in [0.29, 0.717) is 13.0 Å². The summed E-state index contributed by atoms with van der Waals surface area (Å²) in [6.07, 6.45) is 0.452. The van der Waals surface area contributed by atoms with Gasteiger partial charge in [-0.15, -0.1) is 0 Å². The minimum absolute atomic E-state index is 0.154. The van der Waals surface area contributed by atoms with Gasteiger partial charge in [-0.05, 0) is 34.9 Å². The first-order chi connectivity index (χ1) is 18.1. The van der Waals surface area contributed by atoms with Crippen molar-refractivity contribution in [3.05, 3.63) is 114 Å². The molecule has 6 nitrogen and oxygen atoms in total. The van der Waals surface area contributed by atoms with E-state index in [2.05, 4.69) is 10.6 Å². The van der Waals surface area contributed by atoms with Gasteiger partial charge in [0, 0.05) is 23.7 Å². The Morgan fingerprint density at radius 3 is 2.32 bits per heavy atom. The van der Waals surface area contributed by atoms with Crippen LogP contribution in [-0.4, -0.2) is 25.0 Å². The van der Waals surface area contributed by atoms with Crippen molar-refractivity contribution in [2.75, 3.05) is 7.11 Å². The Labute approximate surface area is 215 Å². The molecule has 0 spiro atoms. The van der Waals surface area contributed by atoms with Crippen LogP contribution in [0.15, 0.2) is 101 Å². The van der Waals surface area contributed by atoms with Gasteiger partial charge in [0.2, 0.25) is 11.8 Å². The SMILES string of the molecule is COc1ccc(CC(=O)N[C@H](Cc2cccc3c2oc2ccccc23)C(=O)NCc2ccccc2)cc1. The second-order valence-corrected chi connectivity index (χ2v) is 8.94. The number of hydrogen-bond donors (Lipinski definition) is 2. The lowest BCUT2D eigenvalue weighted by atomic mass is 10.0. The molecule has 2 amide bonds. The molecule has 0 saturated heterocycles. The second-order valence-electron chi connectivity index (χ2n) is 8.94. The maximum Gasteiger partial charge on any atom is 0.243 e. The summed E-state index contributed by atoms with van der Waals surface area (Å²) in [6, 6.07) is 30.0. The van der Waals surface area contributed by atoms with Crippen molar-refractivity contribution >= 4 is 33.8 Å². The number of methoxy groups -OCH3 is 1. The number of carbonyl (C=O) groups is 2. The Morgan fingerprint density at radius 1 is 0.811 bits per heavy atom. The summed E-state index contributed by atoms with van der Waals surface area (Å²) < 4.78 is 11.4. The van der Waals surface area contributed by atoms with Crippen LogP contribution in [0.3, 0.4) is 0 Å². The van der Waals surface area contributed by atoms with Crippen molar-refractivity contribution in [1.29, 1.82) is 0 Å². The van der Waals surface area contributed by atoms with Crippen LogP contribution in [0, 0.1) is 0 Å². The number of ether oxygens (including phenoxy) is 1. The summed E-state index contributed by atoms with van der Waals surface area (Å²) in [5.41, 5.74) is 4.20. The number of rotatable bonds is 9. The number of carbonyl (C=O) groups excluding carboxylic acids is 2. The zero-order valence-corrected chi connectivity index (χ0v) is 20.6. The van der Waals surface area contributed by atoms with E-state index in [9.17, 15) is 9.59 Å². The van der Waals surface area contributed by atoms with Crippen molar-refractivity contribution in [3.63, 3.8) is 0 Å². The lowest BCUT2D eigenvalue weighted by Crippen LogP contribution is -2.48. The Balaban J connectivity index is 1.38. The first-order valence-corrected chi connectivity index (χ1v) is 12.2. The topological polar surface area (TPSA) is 80.6 Å². The van der Waals surface area contributed by atoms with Gasteiger partial charge in [0.15, 0.2) is 0 Å². The molecule has 0 aliphatic heterocycles. The van der Waals surface area contributed by atoms with Gasteiger partial charge >= 0.3 is 0 Å². The van der Waals surface area contributed by atoms with E-state index in [1.807, 2.05) is 97.1 Å². The van der Waals surface area contributed by atoms with Crippen molar-refractivity contribution in [2.24, 2.45) is 0 Å². The van der Waals surface area contributed by atoms with E-state index >= 15 is 0 Å². The Bertz CT molecular complexity index is 1520. The summed E-state index contributed by atoms with van der Waals surface area (Å²) in [5.74, 6) is 0.239. The minimum atomic E-state index is -0.770. The van der Waals surface area contributed by atoms with Crippen LogP contribution in [-0.2, 0) is 29.0 Å². The number of hydrogen-bond acceptors (Lipinski definition) is 4. The van der Waals surface area contributed by atoms with E-state index in [1.54, 1.807) is 7.11 Å². The second kappa shape index (κ2) is 11.0. The predicted molar refractivity (Wildman–Crippen MR) is 144 cm³/mol. The average molecular weight is 493 g/mol. The Hall–Kier alpha value is -4.58. The van der Waals surface area contributed by atoms with Crippen LogP contribution in [0.5, 0.6) is 5.75 Å². The average Bonchev–Trinajstić information content (AvgIpc) is 3.32. The Morgan fingerprint density at radius 2 is 1.54 bits per heavy atom. The molecule has 0 radical (unpaired) electrons. The molecule has 0 bridgehead atoms. The van der Waals surface area contributed by atoms with E-state index < -0.39 is 6.04 Å². The van der Waals surface area contributed by atoms with Gasteiger partial charge in [0.25, 0.3) is 0 Å². The van der Waals surface area contributed by atoms with E-state index in [-0.39, 0.29) is 18.2 Å². The molecule has 5 rings (SSSR count). The fraction of sp³-hybridized carbons (Fsp3) is 0.161. The molecular formula is C31H28N2O4. The summed E-state index contributed by atoms with van der Waals surface area (Å²) in [7, 11) is 1.60. The third-order valence-corrected chi connectivity index (χ3v) is 6.39. The van der Waals surface area contributed by atoms with Crippen LogP contribution in [0.2, 0.25) is 0 Å². The molecule has 6 heteroatoms. The highest BCUT2D eigenvalue weighted by Gasteiger charge is 2.23. The molecule has 0 aliphatic rings. The molecule has 1 aromatic heterocycles. The minimum Gasteiger partial charge on any atom is -0.497 e. The van der Waals surface area contributed by atoms with E-state index in [4.69, 9.17) is 9.15 Å². The number of furan rings is 1. The maximum absolute atomic E-state index is 13.3. The van der Waals surface area contributed by atoms with Crippen LogP contribution in [0.1, 0.15) is 16.7 Å². The molecule has 0 aliphatic carbocycles. The van der Waals surface area contributed by atoms with Crippen molar-refractivity contribution in [2.45, 2.75) is 25.4 Å². The summed E-state index contributed by atoms with van der Waals surface area (Å²) in [5, 5.41) is 7.94. The molecule has 4 aromatic carbocycles. The number of amides is 2. The number of para-hydroxylation sites is 2. The molecule has 2 N–H and O–H groups in total. The molecule has 0 saturated carbocycles. The van der Waals surface area contributed by atoms with Crippen molar-refractivity contribution in [3.8, 4) is 5.75 Å². The molecule has 5 aromatic rings. The van der Waals surface area contributed by atoms with Crippen LogP contribution in [0.25, 0.3) is 21.9 Å². The summed E-state index contributed by atoms with van der Waals surface area (Å²) in [4.78, 5) is 26.3. The zero-order chi connectivity index (χ0) is 25.6. The number of nitrogens with one attached hydrogen (secondary N) is 2. The third-order valence-electron chi connectivity index (χ3n) is 6.39. The molecule has 1 heterocycles. The van der Waals surface area contributed by atoms with Crippen LogP contribution < -0.4 is 15.4 Å². The van der Waals surface area contributed by atoms with Crippen molar-refractivity contribution < 1.29 is 18.7 Å². The van der Waals surface area contributed by atoms with E-state index in [1.165, 1.54) is 0 Å².